The van der Waals surface area contributed by atoms with Gasteiger partial charge in [-0.15, -0.1) is 0 Å². The van der Waals surface area contributed by atoms with E-state index in [4.69, 9.17) is 0 Å². The quantitative estimate of drug-likeness (QED) is 0.626. The highest BCUT2D eigenvalue weighted by atomic mass is 79.9. The molecule has 2 aromatic heterocycles. The number of carbonyl (C=O) groups is 2. The van der Waals surface area contributed by atoms with Crippen LogP contribution in [0, 0.1) is 5.82 Å². The summed E-state index contributed by atoms with van der Waals surface area (Å²) in [4.78, 5) is 24.3. The first kappa shape index (κ1) is 18.8. The Morgan fingerprint density at radius 1 is 1.30 bits per heavy atom. The molecule has 140 valence electrons. The molecule has 0 radical (unpaired) electrons. The fourth-order valence-corrected chi connectivity index (χ4v) is 2.90. The molecule has 0 fully saturated rings. The van der Waals surface area contributed by atoms with E-state index in [1.807, 2.05) is 0 Å². The summed E-state index contributed by atoms with van der Waals surface area (Å²) in [6.07, 6.45) is 4.76. The number of aromatic nitrogens is 3. The Kier molecular flexibility index (Phi) is 5.41. The van der Waals surface area contributed by atoms with Gasteiger partial charge in [-0.2, -0.15) is 5.10 Å². The van der Waals surface area contributed by atoms with E-state index in [9.17, 15) is 14.0 Å². The molecule has 0 unspecified atom stereocenters. The summed E-state index contributed by atoms with van der Waals surface area (Å²) in [5, 5.41) is 6.75. The Hall–Kier alpha value is -2.94. The van der Waals surface area contributed by atoms with Gasteiger partial charge in [-0.1, -0.05) is 15.9 Å². The first-order valence-electron chi connectivity index (χ1n) is 7.98. The van der Waals surface area contributed by atoms with Crippen molar-refractivity contribution in [2.45, 2.75) is 13.0 Å². The van der Waals surface area contributed by atoms with Crippen LogP contribution in [-0.2, 0) is 9.53 Å². The van der Waals surface area contributed by atoms with Gasteiger partial charge in [0.15, 0.2) is 5.82 Å². The van der Waals surface area contributed by atoms with Gasteiger partial charge in [-0.3, -0.25) is 4.79 Å². The molecule has 1 atom stereocenters. The molecular weight excluding hydrogens is 419 g/mol. The number of esters is 1. The lowest BCUT2D eigenvalue weighted by atomic mass is 10.2. The molecule has 0 saturated heterocycles. The topological polar surface area (TPSA) is 78.2 Å². The van der Waals surface area contributed by atoms with Crippen LogP contribution in [0.15, 0.2) is 53.4 Å². The van der Waals surface area contributed by atoms with Crippen molar-refractivity contribution in [2.24, 2.45) is 0 Å². The van der Waals surface area contributed by atoms with Gasteiger partial charge in [0.2, 0.25) is 0 Å². The van der Waals surface area contributed by atoms with Crippen LogP contribution >= 0.6 is 15.9 Å². The van der Waals surface area contributed by atoms with Crippen molar-refractivity contribution in [3.8, 4) is 11.5 Å². The maximum atomic E-state index is 14.5. The van der Waals surface area contributed by atoms with Crippen LogP contribution in [0.2, 0.25) is 0 Å². The smallest absolute Gasteiger partial charge is 0.328 e. The number of rotatable bonds is 5. The summed E-state index contributed by atoms with van der Waals surface area (Å²) in [6, 6.07) is 7.25. The number of benzene rings is 1. The van der Waals surface area contributed by atoms with E-state index in [0.29, 0.717) is 10.3 Å². The zero-order chi connectivity index (χ0) is 19.6. The molecule has 1 amide bonds. The van der Waals surface area contributed by atoms with E-state index in [1.54, 1.807) is 41.2 Å². The van der Waals surface area contributed by atoms with Gasteiger partial charge in [0, 0.05) is 16.9 Å². The van der Waals surface area contributed by atoms with Gasteiger partial charge in [-0.25, -0.2) is 13.9 Å². The molecule has 0 saturated carbocycles. The van der Waals surface area contributed by atoms with E-state index in [2.05, 4.69) is 31.1 Å². The van der Waals surface area contributed by atoms with Gasteiger partial charge < -0.3 is 14.6 Å². The Morgan fingerprint density at radius 3 is 2.63 bits per heavy atom. The van der Waals surface area contributed by atoms with E-state index < -0.39 is 23.7 Å². The minimum Gasteiger partial charge on any atom is -0.467 e. The zero-order valence-corrected chi connectivity index (χ0v) is 16.1. The molecule has 0 aliphatic heterocycles. The van der Waals surface area contributed by atoms with Crippen molar-refractivity contribution in [3.63, 3.8) is 0 Å². The standard InChI is InChI=1S/C18H16BrFN4O3/c1-11(18(26)27-2)22-16(25)13-10-21-24(17(13)23-7-3-4-8-23)15-6-5-12(19)9-14(15)20/h3-11H,1-2H3,(H,22,25)/t11-/m1/s1. The molecule has 1 N–H and O–H groups in total. The van der Waals surface area contributed by atoms with Gasteiger partial charge in [0.05, 0.1) is 13.3 Å². The maximum Gasteiger partial charge on any atom is 0.328 e. The Morgan fingerprint density at radius 2 is 2.00 bits per heavy atom. The number of carbonyl (C=O) groups excluding carboxylic acids is 2. The molecule has 3 aromatic rings. The Balaban J connectivity index is 2.07. The van der Waals surface area contributed by atoms with Gasteiger partial charge in [0.1, 0.15) is 23.1 Å². The summed E-state index contributed by atoms with van der Waals surface area (Å²) < 4.78 is 22.7. The van der Waals surface area contributed by atoms with Crippen LogP contribution in [0.25, 0.3) is 11.5 Å². The predicted molar refractivity (Wildman–Crippen MR) is 99.5 cm³/mol. The Labute approximate surface area is 162 Å². The van der Waals surface area contributed by atoms with Crippen molar-refractivity contribution in [1.82, 2.24) is 19.7 Å². The number of halogens is 2. The van der Waals surface area contributed by atoms with Crippen molar-refractivity contribution in [1.29, 1.82) is 0 Å². The lowest BCUT2D eigenvalue weighted by Gasteiger charge is -2.14. The van der Waals surface area contributed by atoms with Crippen LogP contribution in [0.4, 0.5) is 4.39 Å². The largest absolute Gasteiger partial charge is 0.467 e. The van der Waals surface area contributed by atoms with Crippen LogP contribution < -0.4 is 5.32 Å². The highest BCUT2D eigenvalue weighted by Crippen LogP contribution is 2.24. The minimum absolute atomic E-state index is 0.182. The molecule has 27 heavy (non-hydrogen) atoms. The molecule has 3 rings (SSSR count). The Bertz CT molecular complexity index is 985. The fourth-order valence-electron chi connectivity index (χ4n) is 2.57. The normalized spacial score (nSPS) is 11.9. The summed E-state index contributed by atoms with van der Waals surface area (Å²) >= 11 is 3.22. The second kappa shape index (κ2) is 7.75. The van der Waals surface area contributed by atoms with E-state index in [-0.39, 0.29) is 11.3 Å². The molecule has 0 bridgehead atoms. The van der Waals surface area contributed by atoms with Gasteiger partial charge in [0.25, 0.3) is 5.91 Å². The number of hydrogen-bond donors (Lipinski definition) is 1. The monoisotopic (exact) mass is 434 g/mol. The molecule has 1 aromatic carbocycles. The highest BCUT2D eigenvalue weighted by Gasteiger charge is 2.24. The molecule has 0 aliphatic carbocycles. The van der Waals surface area contributed by atoms with Crippen molar-refractivity contribution in [3.05, 3.63) is 64.8 Å². The zero-order valence-electron chi connectivity index (χ0n) is 14.5. The number of nitrogens with zero attached hydrogens (tertiary/aromatic N) is 3. The molecule has 0 aliphatic rings. The van der Waals surface area contributed by atoms with Crippen LogP contribution in [0.3, 0.4) is 0 Å². The van der Waals surface area contributed by atoms with Crippen molar-refractivity contribution < 1.29 is 18.7 Å². The third-order valence-corrected chi connectivity index (χ3v) is 4.37. The second-order valence-corrected chi connectivity index (χ2v) is 6.61. The predicted octanol–water partition coefficient (Wildman–Crippen LogP) is 2.86. The first-order chi connectivity index (χ1) is 12.9. The average Bonchev–Trinajstić information content (AvgIpc) is 3.30. The lowest BCUT2D eigenvalue weighted by molar-refractivity contribution is -0.142. The number of nitrogens with one attached hydrogen (secondary N) is 1. The summed E-state index contributed by atoms with van der Waals surface area (Å²) in [7, 11) is 1.24. The molecular formula is C18H16BrFN4O3. The van der Waals surface area contributed by atoms with Crippen molar-refractivity contribution >= 4 is 27.8 Å². The number of amides is 1. The lowest BCUT2D eigenvalue weighted by Crippen LogP contribution is -2.39. The first-order valence-corrected chi connectivity index (χ1v) is 8.77. The molecule has 0 spiro atoms. The molecule has 2 heterocycles. The minimum atomic E-state index is -0.840. The summed E-state index contributed by atoms with van der Waals surface area (Å²) in [5.74, 6) is -1.26. The third-order valence-electron chi connectivity index (χ3n) is 3.88. The SMILES string of the molecule is COC(=O)[C@@H](C)NC(=O)c1cnn(-c2ccc(Br)cc2F)c1-n1cccc1. The number of methoxy groups -OCH3 is 1. The third kappa shape index (κ3) is 3.77. The number of ether oxygens (including phenoxy) is 1. The second-order valence-electron chi connectivity index (χ2n) is 5.70. The maximum absolute atomic E-state index is 14.5. The molecule has 7 nitrogen and oxygen atoms in total. The van der Waals surface area contributed by atoms with Crippen LogP contribution in [-0.4, -0.2) is 39.4 Å². The van der Waals surface area contributed by atoms with Crippen LogP contribution in [0.5, 0.6) is 0 Å². The van der Waals surface area contributed by atoms with Gasteiger partial charge in [-0.05, 0) is 37.3 Å². The number of hydrogen-bond acceptors (Lipinski definition) is 4. The van der Waals surface area contributed by atoms with Crippen LogP contribution in [0.1, 0.15) is 17.3 Å². The molecule has 9 heteroatoms. The van der Waals surface area contributed by atoms with Crippen molar-refractivity contribution in [2.75, 3.05) is 7.11 Å². The summed E-state index contributed by atoms with van der Waals surface area (Å²) in [5.41, 5.74) is 0.367. The fraction of sp³-hybridized carbons (Fsp3) is 0.167. The van der Waals surface area contributed by atoms with E-state index in [0.717, 1.165) is 0 Å². The van der Waals surface area contributed by atoms with E-state index in [1.165, 1.54) is 31.0 Å². The van der Waals surface area contributed by atoms with E-state index >= 15 is 0 Å². The van der Waals surface area contributed by atoms with Gasteiger partial charge >= 0.3 is 5.97 Å². The average molecular weight is 435 g/mol. The summed E-state index contributed by atoms with van der Waals surface area (Å²) in [6.45, 7) is 1.51. The highest BCUT2D eigenvalue weighted by molar-refractivity contribution is 9.10.